The van der Waals surface area contributed by atoms with Crippen LogP contribution in [0.25, 0.3) is 0 Å². The van der Waals surface area contributed by atoms with Gasteiger partial charge in [0.15, 0.2) is 0 Å². The normalized spacial score (nSPS) is 12.6. The van der Waals surface area contributed by atoms with Gasteiger partial charge in [0.25, 0.3) is 12.2 Å². The molecule has 8 nitrogen and oxygen atoms in total. The minimum absolute atomic E-state index is 0.141. The van der Waals surface area contributed by atoms with E-state index in [1.165, 1.54) is 16.8 Å². The minimum Gasteiger partial charge on any atom is -0.483 e. The summed E-state index contributed by atoms with van der Waals surface area (Å²) in [7, 11) is 0. The third kappa shape index (κ3) is 7.38. The van der Waals surface area contributed by atoms with Crippen LogP contribution in [0.4, 0.5) is 17.1 Å². The average Bonchev–Trinajstić information content (AvgIpc) is 2.70. The number of nitro groups is 1. The molecule has 0 atom stereocenters. The second kappa shape index (κ2) is 12.3. The Bertz CT molecular complexity index is 801. The van der Waals surface area contributed by atoms with Crippen molar-refractivity contribution >= 4 is 41.2 Å². The van der Waals surface area contributed by atoms with Crippen molar-refractivity contribution in [3.63, 3.8) is 0 Å². The van der Waals surface area contributed by atoms with Crippen LogP contribution in [0.3, 0.4) is 0 Å². The lowest BCUT2D eigenvalue weighted by molar-refractivity contribution is -0.384. The van der Waals surface area contributed by atoms with Gasteiger partial charge in [-0.25, -0.2) is 0 Å². The fraction of sp³-hybridized carbons (Fsp3) is 0.300. The van der Waals surface area contributed by atoms with Gasteiger partial charge < -0.3 is 20.6 Å². The lowest BCUT2D eigenvalue weighted by Gasteiger charge is -2.38. The molecular weight excluding hydrogens is 392 g/mol. The highest BCUT2D eigenvalue weighted by molar-refractivity contribution is 7.78. The molecule has 1 fully saturated rings. The smallest absolute Gasteiger partial charge is 0.290 e. The van der Waals surface area contributed by atoms with Crippen molar-refractivity contribution in [2.45, 2.75) is 13.8 Å². The van der Waals surface area contributed by atoms with Crippen molar-refractivity contribution in [2.24, 2.45) is 5.73 Å². The summed E-state index contributed by atoms with van der Waals surface area (Å²) in [5, 5.41) is 17.6. The standard InChI is InChI=1S/C18H21N3O2.CH3NS.CH2O2/c1-14-3-8-18(15(2)13-14)20-11-9-19(10-12-20)16-4-6-17(7-5-16)21(22)23;2*2-1-3/h3-8,13H,9-12H2,1-2H3;1H,(H2,2,3);1H,(H,2,3). The molecule has 3 N–H and O–H groups in total. The molecular formula is C20H26N4O4S. The Hall–Kier alpha value is -3.20. The lowest BCUT2D eigenvalue weighted by atomic mass is 10.1. The average molecular weight is 419 g/mol. The number of nitro benzene ring substituents is 1. The molecule has 0 amide bonds. The van der Waals surface area contributed by atoms with E-state index in [1.54, 1.807) is 12.1 Å². The van der Waals surface area contributed by atoms with Crippen LogP contribution in [0.1, 0.15) is 11.1 Å². The van der Waals surface area contributed by atoms with Crippen molar-refractivity contribution < 1.29 is 14.8 Å². The highest BCUT2D eigenvalue weighted by Crippen LogP contribution is 2.25. The number of rotatable bonds is 3. The van der Waals surface area contributed by atoms with Crippen LogP contribution in [-0.2, 0) is 4.79 Å². The highest BCUT2D eigenvalue weighted by Gasteiger charge is 2.19. The van der Waals surface area contributed by atoms with E-state index in [0.29, 0.717) is 0 Å². The monoisotopic (exact) mass is 418 g/mol. The molecule has 0 spiro atoms. The number of carbonyl (C=O) groups is 1. The molecule has 0 aliphatic carbocycles. The van der Waals surface area contributed by atoms with Gasteiger partial charge in [0, 0.05) is 49.7 Å². The number of hydrogen-bond donors (Lipinski definition) is 2. The number of non-ortho nitro benzene ring substituents is 1. The number of piperazine rings is 1. The third-order valence-corrected chi connectivity index (χ3v) is 4.40. The van der Waals surface area contributed by atoms with Crippen LogP contribution < -0.4 is 15.5 Å². The van der Waals surface area contributed by atoms with Crippen LogP contribution >= 0.6 is 12.2 Å². The summed E-state index contributed by atoms with van der Waals surface area (Å²) < 4.78 is 0. The van der Waals surface area contributed by atoms with E-state index >= 15 is 0 Å². The summed E-state index contributed by atoms with van der Waals surface area (Å²) in [4.78, 5) is 23.4. The summed E-state index contributed by atoms with van der Waals surface area (Å²) in [6, 6.07) is 13.4. The second-order valence-corrected chi connectivity index (χ2v) is 6.55. The number of carboxylic acid groups (broad SMARTS) is 1. The molecule has 3 rings (SSSR count). The topological polar surface area (TPSA) is 113 Å². The van der Waals surface area contributed by atoms with Crippen LogP contribution in [0.15, 0.2) is 42.5 Å². The van der Waals surface area contributed by atoms with Crippen molar-refractivity contribution in [1.82, 2.24) is 0 Å². The fourth-order valence-electron chi connectivity index (χ4n) is 3.15. The van der Waals surface area contributed by atoms with Gasteiger partial charge >= 0.3 is 0 Å². The first kappa shape index (κ1) is 23.8. The molecule has 0 saturated carbocycles. The van der Waals surface area contributed by atoms with E-state index in [2.05, 4.69) is 59.8 Å². The first-order chi connectivity index (χ1) is 13.9. The first-order valence-corrected chi connectivity index (χ1v) is 9.39. The largest absolute Gasteiger partial charge is 0.483 e. The SMILES string of the molecule is Cc1ccc(N2CCN(c3ccc([N+](=O)[O-])cc3)CC2)c(C)c1.NC=S.O=CO. The van der Waals surface area contributed by atoms with Crippen LogP contribution in [0, 0.1) is 24.0 Å². The predicted octanol–water partition coefficient (Wildman–Crippen LogP) is 3.14. The van der Waals surface area contributed by atoms with E-state index in [0.717, 1.165) is 37.4 Å². The molecule has 2 aromatic rings. The summed E-state index contributed by atoms with van der Waals surface area (Å²) in [5.74, 6) is 0. The number of nitrogens with zero attached hydrogens (tertiary/aromatic N) is 3. The molecule has 156 valence electrons. The Labute approximate surface area is 175 Å². The number of anilines is 2. The zero-order chi connectivity index (χ0) is 21.8. The van der Waals surface area contributed by atoms with Gasteiger partial charge in [-0.2, -0.15) is 0 Å². The summed E-state index contributed by atoms with van der Waals surface area (Å²) in [5.41, 5.74) is 10.7. The minimum atomic E-state index is -0.359. The molecule has 0 bridgehead atoms. The maximum atomic E-state index is 10.7. The Balaban J connectivity index is 0.000000626. The van der Waals surface area contributed by atoms with Gasteiger partial charge in [0.1, 0.15) is 0 Å². The van der Waals surface area contributed by atoms with Gasteiger partial charge in [-0.3, -0.25) is 14.9 Å². The molecule has 9 heteroatoms. The van der Waals surface area contributed by atoms with Gasteiger partial charge in [0.2, 0.25) is 0 Å². The van der Waals surface area contributed by atoms with Crippen LogP contribution in [0.5, 0.6) is 0 Å². The van der Waals surface area contributed by atoms with Gasteiger partial charge in [-0.1, -0.05) is 29.9 Å². The Morgan fingerprint density at radius 3 is 2.00 bits per heavy atom. The molecule has 1 saturated heterocycles. The van der Waals surface area contributed by atoms with E-state index in [9.17, 15) is 10.1 Å². The second-order valence-electron chi connectivity index (χ2n) is 6.28. The summed E-state index contributed by atoms with van der Waals surface area (Å²) in [6.45, 7) is 7.78. The van der Waals surface area contributed by atoms with Crippen molar-refractivity contribution in [1.29, 1.82) is 0 Å². The first-order valence-electron chi connectivity index (χ1n) is 8.92. The summed E-state index contributed by atoms with van der Waals surface area (Å²) >= 11 is 4.05. The molecule has 0 radical (unpaired) electrons. The van der Waals surface area contributed by atoms with Gasteiger partial charge in [-0.15, -0.1) is 0 Å². The van der Waals surface area contributed by atoms with E-state index < -0.39 is 0 Å². The number of nitrogens with two attached hydrogens (primary N) is 1. The lowest BCUT2D eigenvalue weighted by Crippen LogP contribution is -2.46. The number of thiocarbonyl (C=S) groups is 1. The molecule has 1 heterocycles. The summed E-state index contributed by atoms with van der Waals surface area (Å²) in [6.07, 6.45) is 0. The molecule has 1 aliphatic heterocycles. The molecule has 0 unspecified atom stereocenters. The maximum Gasteiger partial charge on any atom is 0.290 e. The quantitative estimate of drug-likeness (QED) is 0.338. The highest BCUT2D eigenvalue weighted by atomic mass is 32.1. The molecule has 2 aromatic carbocycles. The molecule has 29 heavy (non-hydrogen) atoms. The zero-order valence-corrected chi connectivity index (χ0v) is 17.3. The van der Waals surface area contributed by atoms with Gasteiger partial charge in [-0.05, 0) is 37.6 Å². The Morgan fingerprint density at radius 2 is 1.55 bits per heavy atom. The van der Waals surface area contributed by atoms with E-state index in [1.807, 2.05) is 12.1 Å². The third-order valence-electron chi connectivity index (χ3n) is 4.40. The number of aryl methyl sites for hydroxylation is 2. The van der Waals surface area contributed by atoms with Crippen molar-refractivity contribution in [2.75, 3.05) is 36.0 Å². The Kier molecular flexibility index (Phi) is 10.1. The van der Waals surface area contributed by atoms with E-state index in [4.69, 9.17) is 9.90 Å². The van der Waals surface area contributed by atoms with Crippen molar-refractivity contribution in [3.8, 4) is 0 Å². The Morgan fingerprint density at radius 1 is 1.07 bits per heavy atom. The number of benzene rings is 2. The van der Waals surface area contributed by atoms with Crippen LogP contribution in [0.2, 0.25) is 0 Å². The van der Waals surface area contributed by atoms with E-state index in [-0.39, 0.29) is 17.1 Å². The molecule has 0 aromatic heterocycles. The zero-order valence-electron chi connectivity index (χ0n) is 16.5. The van der Waals surface area contributed by atoms with Crippen LogP contribution in [-0.4, -0.2) is 48.2 Å². The fourth-order valence-corrected chi connectivity index (χ4v) is 3.15. The predicted molar refractivity (Wildman–Crippen MR) is 120 cm³/mol. The number of hydrogen-bond acceptors (Lipinski definition) is 6. The van der Waals surface area contributed by atoms with Gasteiger partial charge in [0.05, 0.1) is 10.4 Å². The van der Waals surface area contributed by atoms with Crippen molar-refractivity contribution in [3.05, 3.63) is 63.7 Å². The maximum absolute atomic E-state index is 10.7. The molecule has 1 aliphatic rings.